The van der Waals surface area contributed by atoms with Gasteiger partial charge in [-0.15, -0.1) is 0 Å². The maximum Gasteiger partial charge on any atom is 0.326 e. The van der Waals surface area contributed by atoms with Crippen molar-refractivity contribution in [3.8, 4) is 0 Å². The molecule has 0 radical (unpaired) electrons. The molecule has 1 aliphatic rings. The van der Waals surface area contributed by atoms with Crippen LogP contribution in [0.15, 0.2) is 30.5 Å². The molecule has 3 rings (SSSR count). The molecule has 104 valence electrons. The highest BCUT2D eigenvalue weighted by Gasteiger charge is 2.30. The first-order chi connectivity index (χ1) is 9.68. The van der Waals surface area contributed by atoms with Crippen LogP contribution >= 0.6 is 11.6 Å². The van der Waals surface area contributed by atoms with Crippen molar-refractivity contribution in [1.82, 2.24) is 4.98 Å². The zero-order valence-corrected chi connectivity index (χ0v) is 11.7. The summed E-state index contributed by atoms with van der Waals surface area (Å²) in [4.78, 5) is 17.7. The van der Waals surface area contributed by atoms with Crippen molar-refractivity contribution in [2.45, 2.75) is 25.3 Å². The Labute approximate surface area is 122 Å². The summed E-state index contributed by atoms with van der Waals surface area (Å²) in [7, 11) is 0. The molecule has 1 aromatic heterocycles. The fraction of sp³-hybridized carbons (Fsp3) is 0.333. The minimum atomic E-state index is -0.787. The molecule has 1 aliphatic heterocycles. The second kappa shape index (κ2) is 5.29. The van der Waals surface area contributed by atoms with Crippen LogP contribution < -0.4 is 4.90 Å². The standard InChI is InChI=1S/C15H15ClN2O2/c16-12-5-3-4-11-10(12)7-8-17-14(11)18-9-2-1-6-13(18)15(19)20/h3-5,7-8,13H,1-2,6,9H2,(H,19,20). The first-order valence-electron chi connectivity index (χ1n) is 6.71. The lowest BCUT2D eigenvalue weighted by atomic mass is 10.0. The van der Waals surface area contributed by atoms with E-state index in [0.29, 0.717) is 11.4 Å². The first kappa shape index (κ1) is 13.2. The van der Waals surface area contributed by atoms with Gasteiger partial charge in [0, 0.05) is 28.5 Å². The van der Waals surface area contributed by atoms with Crippen molar-refractivity contribution in [2.75, 3.05) is 11.4 Å². The lowest BCUT2D eigenvalue weighted by Gasteiger charge is -2.34. The Hall–Kier alpha value is -1.81. The van der Waals surface area contributed by atoms with Gasteiger partial charge in [-0.1, -0.05) is 23.7 Å². The van der Waals surface area contributed by atoms with Gasteiger partial charge >= 0.3 is 5.97 Å². The minimum Gasteiger partial charge on any atom is -0.480 e. The summed E-state index contributed by atoms with van der Waals surface area (Å²) in [5.74, 6) is -0.0670. The summed E-state index contributed by atoms with van der Waals surface area (Å²) in [6.07, 6.45) is 4.28. The molecule has 20 heavy (non-hydrogen) atoms. The molecule has 1 fully saturated rings. The van der Waals surface area contributed by atoms with Crippen LogP contribution in [0.1, 0.15) is 19.3 Å². The number of carbonyl (C=O) groups is 1. The molecule has 1 aromatic carbocycles. The number of piperidine rings is 1. The number of hydrogen-bond acceptors (Lipinski definition) is 3. The number of nitrogens with zero attached hydrogens (tertiary/aromatic N) is 2. The number of aliphatic carboxylic acids is 1. The van der Waals surface area contributed by atoms with Gasteiger partial charge in [0.1, 0.15) is 11.9 Å². The van der Waals surface area contributed by atoms with Gasteiger partial charge in [0.25, 0.3) is 0 Å². The van der Waals surface area contributed by atoms with Crippen molar-refractivity contribution in [2.24, 2.45) is 0 Å². The van der Waals surface area contributed by atoms with E-state index in [1.807, 2.05) is 29.2 Å². The number of anilines is 1. The van der Waals surface area contributed by atoms with Crippen LogP contribution in [0.4, 0.5) is 5.82 Å². The van der Waals surface area contributed by atoms with E-state index < -0.39 is 12.0 Å². The zero-order valence-electron chi connectivity index (χ0n) is 10.9. The Morgan fingerprint density at radius 3 is 2.95 bits per heavy atom. The van der Waals surface area contributed by atoms with Crippen LogP contribution in [0.5, 0.6) is 0 Å². The van der Waals surface area contributed by atoms with Gasteiger partial charge in [-0.3, -0.25) is 0 Å². The topological polar surface area (TPSA) is 53.4 Å². The predicted octanol–water partition coefficient (Wildman–Crippen LogP) is 3.33. The molecule has 0 saturated carbocycles. The molecule has 1 saturated heterocycles. The monoisotopic (exact) mass is 290 g/mol. The highest BCUT2D eigenvalue weighted by molar-refractivity contribution is 6.35. The third kappa shape index (κ3) is 2.20. The average molecular weight is 291 g/mol. The van der Waals surface area contributed by atoms with Gasteiger partial charge in [-0.2, -0.15) is 0 Å². The van der Waals surface area contributed by atoms with E-state index in [1.165, 1.54) is 0 Å². The number of halogens is 1. The van der Waals surface area contributed by atoms with E-state index in [-0.39, 0.29) is 0 Å². The van der Waals surface area contributed by atoms with Crippen molar-refractivity contribution < 1.29 is 9.90 Å². The number of benzene rings is 1. The zero-order chi connectivity index (χ0) is 14.1. The minimum absolute atomic E-state index is 0.499. The maximum atomic E-state index is 11.4. The Kier molecular flexibility index (Phi) is 3.49. The molecule has 1 atom stereocenters. The van der Waals surface area contributed by atoms with Crippen molar-refractivity contribution >= 4 is 34.2 Å². The van der Waals surface area contributed by atoms with E-state index >= 15 is 0 Å². The van der Waals surface area contributed by atoms with Crippen LogP contribution in [-0.4, -0.2) is 28.6 Å². The molecular weight excluding hydrogens is 276 g/mol. The molecule has 2 aromatic rings. The van der Waals surface area contributed by atoms with Gasteiger partial charge < -0.3 is 10.0 Å². The van der Waals surface area contributed by atoms with Gasteiger partial charge in [0.2, 0.25) is 0 Å². The smallest absolute Gasteiger partial charge is 0.326 e. The first-order valence-corrected chi connectivity index (χ1v) is 7.09. The van der Waals surface area contributed by atoms with E-state index in [9.17, 15) is 9.90 Å². The fourth-order valence-electron chi connectivity index (χ4n) is 2.82. The highest BCUT2D eigenvalue weighted by Crippen LogP contribution is 2.32. The van der Waals surface area contributed by atoms with Crippen LogP contribution in [-0.2, 0) is 4.79 Å². The summed E-state index contributed by atoms with van der Waals surface area (Å²) < 4.78 is 0. The largest absolute Gasteiger partial charge is 0.480 e. The number of aromatic nitrogens is 1. The Balaban J connectivity index is 2.13. The summed E-state index contributed by atoms with van der Waals surface area (Å²) in [6, 6.07) is 7.01. The number of hydrogen-bond donors (Lipinski definition) is 1. The van der Waals surface area contributed by atoms with E-state index in [2.05, 4.69) is 4.98 Å². The van der Waals surface area contributed by atoms with Gasteiger partial charge in [0.05, 0.1) is 0 Å². The lowest BCUT2D eigenvalue weighted by Crippen LogP contribution is -2.45. The van der Waals surface area contributed by atoms with E-state index in [4.69, 9.17) is 11.6 Å². The van der Waals surface area contributed by atoms with E-state index in [1.54, 1.807) is 6.20 Å². The number of carboxylic acids is 1. The molecule has 4 nitrogen and oxygen atoms in total. The molecule has 5 heteroatoms. The number of pyridine rings is 1. The fourth-order valence-corrected chi connectivity index (χ4v) is 3.06. The Morgan fingerprint density at radius 2 is 2.15 bits per heavy atom. The summed E-state index contributed by atoms with van der Waals surface area (Å²) in [5, 5.41) is 11.9. The van der Waals surface area contributed by atoms with Crippen LogP contribution in [0, 0.1) is 0 Å². The molecule has 0 bridgehead atoms. The molecule has 0 aliphatic carbocycles. The molecule has 1 unspecified atom stereocenters. The maximum absolute atomic E-state index is 11.4. The lowest BCUT2D eigenvalue weighted by molar-refractivity contribution is -0.139. The number of carboxylic acid groups (broad SMARTS) is 1. The highest BCUT2D eigenvalue weighted by atomic mass is 35.5. The normalized spacial score (nSPS) is 19.2. The van der Waals surface area contributed by atoms with Crippen molar-refractivity contribution in [3.63, 3.8) is 0 Å². The van der Waals surface area contributed by atoms with Gasteiger partial charge in [-0.25, -0.2) is 9.78 Å². The average Bonchev–Trinajstić information content (AvgIpc) is 2.47. The second-order valence-corrected chi connectivity index (χ2v) is 5.42. The molecule has 0 spiro atoms. The molecular formula is C15H15ClN2O2. The van der Waals surface area contributed by atoms with Crippen LogP contribution in [0.3, 0.4) is 0 Å². The second-order valence-electron chi connectivity index (χ2n) is 5.01. The third-order valence-corrected chi connectivity index (χ3v) is 4.12. The summed E-state index contributed by atoms with van der Waals surface area (Å²) in [5.41, 5.74) is 0. The molecule has 0 amide bonds. The SMILES string of the molecule is O=C(O)C1CCCCN1c1nccc2c(Cl)cccc12. The number of rotatable bonds is 2. The van der Waals surface area contributed by atoms with Gasteiger partial charge in [-0.05, 0) is 31.4 Å². The summed E-state index contributed by atoms with van der Waals surface area (Å²) >= 11 is 6.20. The van der Waals surface area contributed by atoms with Crippen molar-refractivity contribution in [1.29, 1.82) is 0 Å². The van der Waals surface area contributed by atoms with Crippen molar-refractivity contribution in [3.05, 3.63) is 35.5 Å². The number of fused-ring (bicyclic) bond motifs is 1. The van der Waals surface area contributed by atoms with E-state index in [0.717, 1.165) is 36.0 Å². The Bertz CT molecular complexity index is 659. The quantitative estimate of drug-likeness (QED) is 0.922. The van der Waals surface area contributed by atoms with Crippen LogP contribution in [0.2, 0.25) is 5.02 Å². The predicted molar refractivity (Wildman–Crippen MR) is 79.4 cm³/mol. The summed E-state index contributed by atoms with van der Waals surface area (Å²) in [6.45, 7) is 0.718. The van der Waals surface area contributed by atoms with Gasteiger partial charge in [0.15, 0.2) is 0 Å². The molecule has 1 N–H and O–H groups in total. The third-order valence-electron chi connectivity index (χ3n) is 3.79. The Morgan fingerprint density at radius 1 is 1.30 bits per heavy atom. The molecule has 2 heterocycles. The van der Waals surface area contributed by atoms with Crippen LogP contribution in [0.25, 0.3) is 10.8 Å².